The zero-order chi connectivity index (χ0) is 17.0. The van der Waals surface area contributed by atoms with Crippen molar-refractivity contribution in [3.8, 4) is 0 Å². The fourth-order valence-corrected chi connectivity index (χ4v) is 3.71. The van der Waals surface area contributed by atoms with Gasteiger partial charge in [-0.05, 0) is 59.1 Å². The highest BCUT2D eigenvalue weighted by Gasteiger charge is 2.29. The Morgan fingerprint density at radius 1 is 0.739 bits per heavy atom. The van der Waals surface area contributed by atoms with Gasteiger partial charge in [-0.25, -0.2) is 0 Å². The lowest BCUT2D eigenvalue weighted by atomic mass is 9.80. The molecule has 0 radical (unpaired) electrons. The van der Waals surface area contributed by atoms with Gasteiger partial charge in [-0.3, -0.25) is 0 Å². The molecule has 0 atom stereocenters. The maximum absolute atomic E-state index is 6.65. The minimum absolute atomic E-state index is 0.952. The van der Waals surface area contributed by atoms with Crippen molar-refractivity contribution < 1.29 is 0 Å². The van der Waals surface area contributed by atoms with E-state index in [1.165, 1.54) is 22.3 Å². The van der Waals surface area contributed by atoms with E-state index in [9.17, 15) is 0 Å². The average Bonchev–Trinajstić information content (AvgIpc) is 2.60. The van der Waals surface area contributed by atoms with Gasteiger partial charge in [0.25, 0.3) is 0 Å². The molecule has 2 aromatic carbocycles. The Morgan fingerprint density at radius 3 is 1.78 bits per heavy atom. The van der Waals surface area contributed by atoms with E-state index in [1.807, 2.05) is 30.3 Å². The summed E-state index contributed by atoms with van der Waals surface area (Å²) in [6.45, 7) is 8.88. The van der Waals surface area contributed by atoms with Crippen molar-refractivity contribution in [2.45, 2.75) is 59.0 Å². The summed E-state index contributed by atoms with van der Waals surface area (Å²) in [6.07, 6.45) is 4.06. The van der Waals surface area contributed by atoms with E-state index >= 15 is 0 Å². The summed E-state index contributed by atoms with van der Waals surface area (Å²) >= 11 is 0. The molecular weight excluding hydrogens is 280 g/mol. The van der Waals surface area contributed by atoms with Gasteiger partial charge in [0.2, 0.25) is 0 Å². The summed E-state index contributed by atoms with van der Waals surface area (Å²) in [5, 5.41) is 0. The Labute approximate surface area is 140 Å². The number of hydrogen-bond acceptors (Lipinski definition) is 2. The number of nitrogens with two attached hydrogens (primary N) is 2. The van der Waals surface area contributed by atoms with Crippen LogP contribution in [-0.2, 0) is 31.3 Å². The maximum atomic E-state index is 6.65. The molecule has 0 fully saturated rings. The van der Waals surface area contributed by atoms with Crippen LogP contribution < -0.4 is 11.5 Å². The standard InChI is InChI=1S/C21H30N2/c1-5-15-14-20(19(8-4)18(7-3)17(15)6-2)21(22,23)16-12-10-9-11-13-16/h9-14H,5-8,22-23H2,1-4H3. The number of rotatable bonds is 6. The Kier molecular flexibility index (Phi) is 5.61. The van der Waals surface area contributed by atoms with E-state index < -0.39 is 5.66 Å². The molecular formula is C21H30N2. The molecule has 0 heterocycles. The van der Waals surface area contributed by atoms with E-state index in [0.29, 0.717) is 0 Å². The first kappa shape index (κ1) is 17.7. The van der Waals surface area contributed by atoms with Gasteiger partial charge in [0.1, 0.15) is 5.66 Å². The van der Waals surface area contributed by atoms with Crippen molar-refractivity contribution in [1.29, 1.82) is 0 Å². The predicted molar refractivity (Wildman–Crippen MR) is 99.6 cm³/mol. The predicted octanol–water partition coefficient (Wildman–Crippen LogP) is 4.05. The highest BCUT2D eigenvalue weighted by Crippen LogP contribution is 2.32. The summed E-state index contributed by atoms with van der Waals surface area (Å²) < 4.78 is 0. The molecule has 0 saturated carbocycles. The van der Waals surface area contributed by atoms with Crippen LogP contribution in [0.2, 0.25) is 0 Å². The van der Waals surface area contributed by atoms with Crippen LogP contribution in [0.25, 0.3) is 0 Å². The Morgan fingerprint density at radius 2 is 1.30 bits per heavy atom. The van der Waals surface area contributed by atoms with Gasteiger partial charge in [0.05, 0.1) is 0 Å². The Balaban J connectivity index is 2.75. The quantitative estimate of drug-likeness (QED) is 0.791. The van der Waals surface area contributed by atoms with Crippen LogP contribution in [-0.4, -0.2) is 0 Å². The average molecular weight is 310 g/mol. The van der Waals surface area contributed by atoms with Gasteiger partial charge in [-0.2, -0.15) is 0 Å². The SMILES string of the molecule is CCc1cc(C(N)(N)c2ccccc2)c(CC)c(CC)c1CC. The molecule has 0 amide bonds. The van der Waals surface area contributed by atoms with Crippen LogP contribution in [0.3, 0.4) is 0 Å². The van der Waals surface area contributed by atoms with Crippen LogP contribution in [0.1, 0.15) is 61.1 Å². The largest absolute Gasteiger partial charge is 0.306 e. The minimum atomic E-state index is -0.952. The van der Waals surface area contributed by atoms with Crippen molar-refractivity contribution in [3.05, 3.63) is 69.8 Å². The second-order valence-electron chi connectivity index (χ2n) is 6.17. The van der Waals surface area contributed by atoms with E-state index in [1.54, 1.807) is 0 Å². The Bertz CT molecular complexity index is 657. The second kappa shape index (κ2) is 7.29. The highest BCUT2D eigenvalue weighted by molar-refractivity contribution is 5.52. The van der Waals surface area contributed by atoms with E-state index in [4.69, 9.17) is 11.5 Å². The zero-order valence-electron chi connectivity index (χ0n) is 14.9. The normalized spacial score (nSPS) is 11.7. The minimum Gasteiger partial charge on any atom is -0.306 e. The van der Waals surface area contributed by atoms with Crippen LogP contribution in [0, 0.1) is 0 Å². The second-order valence-corrected chi connectivity index (χ2v) is 6.17. The fourth-order valence-electron chi connectivity index (χ4n) is 3.71. The fraction of sp³-hybridized carbons (Fsp3) is 0.429. The van der Waals surface area contributed by atoms with Gasteiger partial charge >= 0.3 is 0 Å². The molecule has 0 aliphatic rings. The smallest absolute Gasteiger partial charge is 0.117 e. The topological polar surface area (TPSA) is 52.0 Å². The van der Waals surface area contributed by atoms with Crippen LogP contribution in [0.4, 0.5) is 0 Å². The molecule has 0 bridgehead atoms. The monoisotopic (exact) mass is 310 g/mol. The zero-order valence-corrected chi connectivity index (χ0v) is 14.9. The van der Waals surface area contributed by atoms with E-state index in [0.717, 1.165) is 36.8 Å². The van der Waals surface area contributed by atoms with Gasteiger partial charge in [-0.15, -0.1) is 0 Å². The molecule has 0 spiro atoms. The number of benzene rings is 2. The first-order valence-corrected chi connectivity index (χ1v) is 8.81. The molecule has 2 heteroatoms. The molecule has 0 aliphatic carbocycles. The van der Waals surface area contributed by atoms with Crippen molar-refractivity contribution in [2.75, 3.05) is 0 Å². The van der Waals surface area contributed by atoms with Gasteiger partial charge in [0.15, 0.2) is 0 Å². The third kappa shape index (κ3) is 3.19. The van der Waals surface area contributed by atoms with Crippen molar-refractivity contribution in [3.63, 3.8) is 0 Å². The van der Waals surface area contributed by atoms with Crippen molar-refractivity contribution >= 4 is 0 Å². The molecule has 0 saturated heterocycles. The molecule has 124 valence electrons. The molecule has 2 aromatic rings. The molecule has 0 aromatic heterocycles. The first-order chi connectivity index (χ1) is 11.0. The lowest BCUT2D eigenvalue weighted by Crippen LogP contribution is -2.48. The summed E-state index contributed by atoms with van der Waals surface area (Å²) in [5.41, 5.74) is 20.0. The lowest BCUT2D eigenvalue weighted by Gasteiger charge is -2.31. The van der Waals surface area contributed by atoms with Crippen LogP contribution >= 0.6 is 0 Å². The summed E-state index contributed by atoms with van der Waals surface area (Å²) in [6, 6.07) is 12.3. The van der Waals surface area contributed by atoms with Gasteiger partial charge < -0.3 is 11.5 Å². The van der Waals surface area contributed by atoms with Gasteiger partial charge in [0, 0.05) is 0 Å². The number of hydrogen-bond donors (Lipinski definition) is 2. The van der Waals surface area contributed by atoms with E-state index in [2.05, 4.69) is 33.8 Å². The molecule has 0 unspecified atom stereocenters. The molecule has 23 heavy (non-hydrogen) atoms. The number of aryl methyl sites for hydroxylation is 1. The third-order valence-electron chi connectivity index (χ3n) is 4.90. The highest BCUT2D eigenvalue weighted by atomic mass is 15.0. The van der Waals surface area contributed by atoms with E-state index in [-0.39, 0.29) is 0 Å². The van der Waals surface area contributed by atoms with Gasteiger partial charge in [-0.1, -0.05) is 64.1 Å². The third-order valence-corrected chi connectivity index (χ3v) is 4.90. The maximum Gasteiger partial charge on any atom is 0.117 e. The van der Waals surface area contributed by atoms with Crippen LogP contribution in [0.15, 0.2) is 36.4 Å². The van der Waals surface area contributed by atoms with Crippen molar-refractivity contribution in [1.82, 2.24) is 0 Å². The molecule has 2 rings (SSSR count). The first-order valence-electron chi connectivity index (χ1n) is 8.81. The Hall–Kier alpha value is -1.64. The van der Waals surface area contributed by atoms with Crippen molar-refractivity contribution in [2.24, 2.45) is 11.5 Å². The summed E-state index contributed by atoms with van der Waals surface area (Å²) in [5.74, 6) is 0. The molecule has 4 N–H and O–H groups in total. The molecule has 0 aliphatic heterocycles. The summed E-state index contributed by atoms with van der Waals surface area (Å²) in [7, 11) is 0. The molecule has 2 nitrogen and oxygen atoms in total. The summed E-state index contributed by atoms with van der Waals surface area (Å²) in [4.78, 5) is 0. The van der Waals surface area contributed by atoms with Crippen LogP contribution in [0.5, 0.6) is 0 Å². The lowest BCUT2D eigenvalue weighted by molar-refractivity contribution is 0.558.